The van der Waals surface area contributed by atoms with Crippen molar-refractivity contribution in [1.82, 2.24) is 0 Å². The van der Waals surface area contributed by atoms with Crippen molar-refractivity contribution in [1.29, 1.82) is 0 Å². The highest BCUT2D eigenvalue weighted by Gasteiger charge is 1.79. The summed E-state index contributed by atoms with van der Waals surface area (Å²) < 4.78 is 0. The first-order valence-electron chi connectivity index (χ1n) is 3.31. The van der Waals surface area contributed by atoms with Crippen molar-refractivity contribution in [3.05, 3.63) is 37.5 Å². The van der Waals surface area contributed by atoms with E-state index in [0.717, 1.165) is 12.5 Å². The highest BCUT2D eigenvalue weighted by molar-refractivity contribution is 5.79. The van der Waals surface area contributed by atoms with Crippen molar-refractivity contribution in [2.45, 2.75) is 13.3 Å². The molecular formula is C9H14O2. The Labute approximate surface area is 67.6 Å². The van der Waals surface area contributed by atoms with E-state index in [1.54, 1.807) is 18.2 Å². The van der Waals surface area contributed by atoms with E-state index in [4.69, 9.17) is 5.11 Å². The van der Waals surface area contributed by atoms with Gasteiger partial charge >= 0.3 is 5.97 Å². The van der Waals surface area contributed by atoms with Crippen molar-refractivity contribution < 1.29 is 9.90 Å². The fourth-order valence-electron chi connectivity index (χ4n) is 0.219. The van der Waals surface area contributed by atoms with Gasteiger partial charge in [0.25, 0.3) is 0 Å². The van der Waals surface area contributed by atoms with Gasteiger partial charge in [-0.1, -0.05) is 38.3 Å². The monoisotopic (exact) mass is 154 g/mol. The summed E-state index contributed by atoms with van der Waals surface area (Å²) in [5.74, 6) is -0.873. The van der Waals surface area contributed by atoms with E-state index in [-0.39, 0.29) is 0 Å². The SMILES string of the molecule is C=CC=C.CC/C=C/C(=O)O. The maximum Gasteiger partial charge on any atom is 0.327 e. The van der Waals surface area contributed by atoms with Crippen LogP contribution in [0.25, 0.3) is 0 Å². The minimum atomic E-state index is -0.873. The molecule has 0 amide bonds. The molecule has 0 unspecified atom stereocenters. The first-order valence-corrected chi connectivity index (χ1v) is 3.31. The maximum absolute atomic E-state index is 9.67. The van der Waals surface area contributed by atoms with Crippen molar-refractivity contribution in [2.24, 2.45) is 0 Å². The van der Waals surface area contributed by atoms with E-state index in [0.29, 0.717) is 0 Å². The van der Waals surface area contributed by atoms with Crippen LogP contribution < -0.4 is 0 Å². The summed E-state index contributed by atoms with van der Waals surface area (Å²) in [6.45, 7) is 8.61. The minimum Gasteiger partial charge on any atom is -0.478 e. The lowest BCUT2D eigenvalue weighted by Crippen LogP contribution is -1.84. The third kappa shape index (κ3) is 28.6. The Morgan fingerprint density at radius 1 is 1.45 bits per heavy atom. The van der Waals surface area contributed by atoms with Crippen LogP contribution in [0.4, 0.5) is 0 Å². The van der Waals surface area contributed by atoms with E-state index in [1.165, 1.54) is 0 Å². The lowest BCUT2D eigenvalue weighted by Gasteiger charge is -1.73. The number of carboxylic acids is 1. The fraction of sp³-hybridized carbons (Fsp3) is 0.222. The third-order valence-electron chi connectivity index (χ3n) is 0.663. The lowest BCUT2D eigenvalue weighted by atomic mass is 10.4. The number of hydrogen-bond donors (Lipinski definition) is 1. The molecule has 0 rings (SSSR count). The lowest BCUT2D eigenvalue weighted by molar-refractivity contribution is -0.131. The Hall–Kier alpha value is -1.31. The van der Waals surface area contributed by atoms with Crippen LogP contribution in [0.15, 0.2) is 37.5 Å². The second-order valence-corrected chi connectivity index (χ2v) is 1.62. The standard InChI is InChI=1S/C5H8O2.C4H6/c1-2-3-4-5(6)7;1-3-4-2/h3-4H,2H2,1H3,(H,6,7);3-4H,1-2H2/b4-3+;. The Kier molecular flexibility index (Phi) is 12.9. The maximum atomic E-state index is 9.67. The van der Waals surface area contributed by atoms with Gasteiger partial charge in [-0.15, -0.1) is 0 Å². The number of carboxylic acid groups (broad SMARTS) is 1. The van der Waals surface area contributed by atoms with Crippen molar-refractivity contribution in [3.8, 4) is 0 Å². The third-order valence-corrected chi connectivity index (χ3v) is 0.663. The molecule has 0 atom stereocenters. The molecular weight excluding hydrogens is 140 g/mol. The number of aliphatic carboxylic acids is 1. The van der Waals surface area contributed by atoms with E-state index >= 15 is 0 Å². The molecule has 62 valence electrons. The van der Waals surface area contributed by atoms with E-state index in [1.807, 2.05) is 6.92 Å². The van der Waals surface area contributed by atoms with Crippen molar-refractivity contribution >= 4 is 5.97 Å². The Morgan fingerprint density at radius 2 is 1.91 bits per heavy atom. The van der Waals surface area contributed by atoms with Crippen LogP contribution in [0.5, 0.6) is 0 Å². The summed E-state index contributed by atoms with van der Waals surface area (Å²) in [6, 6.07) is 0. The van der Waals surface area contributed by atoms with Gasteiger partial charge in [0.05, 0.1) is 0 Å². The van der Waals surface area contributed by atoms with Crippen LogP contribution in [0.1, 0.15) is 13.3 Å². The molecule has 0 aromatic heterocycles. The molecule has 0 aromatic rings. The van der Waals surface area contributed by atoms with Crippen LogP contribution in [0, 0.1) is 0 Å². The highest BCUT2D eigenvalue weighted by Crippen LogP contribution is 1.76. The molecule has 0 aromatic carbocycles. The number of allylic oxidation sites excluding steroid dienone is 3. The first kappa shape index (κ1) is 12.4. The van der Waals surface area contributed by atoms with Gasteiger partial charge in [-0.25, -0.2) is 4.79 Å². The Morgan fingerprint density at radius 3 is 2.00 bits per heavy atom. The number of carbonyl (C=O) groups is 1. The van der Waals surface area contributed by atoms with Crippen LogP contribution in [-0.2, 0) is 4.79 Å². The summed E-state index contributed by atoms with van der Waals surface area (Å²) in [5, 5.41) is 7.96. The molecule has 11 heavy (non-hydrogen) atoms. The quantitative estimate of drug-likeness (QED) is 0.500. The molecule has 0 aliphatic rings. The largest absolute Gasteiger partial charge is 0.478 e. The molecule has 0 saturated carbocycles. The summed E-state index contributed by atoms with van der Waals surface area (Å²) in [5.41, 5.74) is 0. The Bertz CT molecular complexity index is 140. The molecule has 2 nitrogen and oxygen atoms in total. The topological polar surface area (TPSA) is 37.3 Å². The molecule has 0 bridgehead atoms. The van der Waals surface area contributed by atoms with Crippen LogP contribution in [0.2, 0.25) is 0 Å². The predicted molar refractivity (Wildman–Crippen MR) is 47.5 cm³/mol. The van der Waals surface area contributed by atoms with E-state index < -0.39 is 5.97 Å². The van der Waals surface area contributed by atoms with Gasteiger partial charge in [-0.3, -0.25) is 0 Å². The zero-order valence-corrected chi connectivity index (χ0v) is 6.79. The first-order chi connectivity index (χ1) is 5.18. The van der Waals surface area contributed by atoms with Gasteiger partial charge in [0, 0.05) is 6.08 Å². The normalized spacial score (nSPS) is 8.09. The second-order valence-electron chi connectivity index (χ2n) is 1.62. The smallest absolute Gasteiger partial charge is 0.327 e. The molecule has 0 radical (unpaired) electrons. The van der Waals surface area contributed by atoms with Crippen LogP contribution in [-0.4, -0.2) is 11.1 Å². The molecule has 0 heterocycles. The zero-order chi connectivity index (χ0) is 9.11. The van der Waals surface area contributed by atoms with E-state index in [2.05, 4.69) is 13.2 Å². The fourth-order valence-corrected chi connectivity index (χ4v) is 0.219. The predicted octanol–water partition coefficient (Wildman–Crippen LogP) is 2.40. The number of hydrogen-bond acceptors (Lipinski definition) is 1. The Balaban J connectivity index is 0. The van der Waals surface area contributed by atoms with Crippen LogP contribution >= 0.6 is 0 Å². The molecule has 0 aliphatic carbocycles. The minimum absolute atomic E-state index is 0.784. The van der Waals surface area contributed by atoms with Crippen molar-refractivity contribution in [2.75, 3.05) is 0 Å². The van der Waals surface area contributed by atoms with Crippen LogP contribution in [0.3, 0.4) is 0 Å². The summed E-state index contributed by atoms with van der Waals surface area (Å²) in [4.78, 5) is 9.67. The average Bonchev–Trinajstić information content (AvgIpc) is 2.01. The molecule has 1 N–H and O–H groups in total. The molecule has 0 saturated heterocycles. The highest BCUT2D eigenvalue weighted by atomic mass is 16.4. The molecule has 0 fully saturated rings. The summed E-state index contributed by atoms with van der Waals surface area (Å²) in [7, 11) is 0. The molecule has 2 heteroatoms. The van der Waals surface area contributed by atoms with Crippen molar-refractivity contribution in [3.63, 3.8) is 0 Å². The van der Waals surface area contributed by atoms with Gasteiger partial charge in [0.15, 0.2) is 0 Å². The molecule has 0 aliphatic heterocycles. The van der Waals surface area contributed by atoms with E-state index in [9.17, 15) is 4.79 Å². The zero-order valence-electron chi connectivity index (χ0n) is 6.79. The summed E-state index contributed by atoms with van der Waals surface area (Å²) >= 11 is 0. The van der Waals surface area contributed by atoms with Gasteiger partial charge in [0.1, 0.15) is 0 Å². The van der Waals surface area contributed by atoms with Gasteiger partial charge in [-0.2, -0.15) is 0 Å². The van der Waals surface area contributed by atoms with Gasteiger partial charge in [-0.05, 0) is 6.42 Å². The van der Waals surface area contributed by atoms with Gasteiger partial charge in [0.2, 0.25) is 0 Å². The van der Waals surface area contributed by atoms with Gasteiger partial charge < -0.3 is 5.11 Å². The second kappa shape index (κ2) is 11.5. The average molecular weight is 154 g/mol. The number of rotatable bonds is 3. The summed E-state index contributed by atoms with van der Waals surface area (Å²) in [6.07, 6.45) is 6.80. The molecule has 0 spiro atoms.